The van der Waals surface area contributed by atoms with Gasteiger partial charge in [0.2, 0.25) is 5.91 Å². The monoisotopic (exact) mass is 584 g/mol. The number of benzene rings is 1. The van der Waals surface area contributed by atoms with E-state index in [-0.39, 0.29) is 35.7 Å². The highest BCUT2D eigenvalue weighted by molar-refractivity contribution is 9.09. The third-order valence-corrected chi connectivity index (χ3v) is 6.88. The summed E-state index contributed by atoms with van der Waals surface area (Å²) in [7, 11) is 1.67. The normalized spacial score (nSPS) is 15.2. The van der Waals surface area contributed by atoms with Crippen molar-refractivity contribution >= 4 is 61.8 Å². The maximum atomic E-state index is 12.7. The molecule has 1 aliphatic rings. The maximum Gasteiger partial charge on any atom is 0.308 e. The number of amides is 1. The molecule has 1 amide bonds. The number of hydrogen-bond donors (Lipinski definition) is 3. The van der Waals surface area contributed by atoms with Crippen LogP contribution in [-0.2, 0) is 16.6 Å². The quantitative estimate of drug-likeness (QED) is 0.195. The number of ether oxygens (including phenoxy) is 1. The highest BCUT2D eigenvalue weighted by atomic mass is 79.9. The van der Waals surface area contributed by atoms with Gasteiger partial charge >= 0.3 is 5.97 Å². The molecule has 38 heavy (non-hydrogen) atoms. The molecule has 1 saturated heterocycles. The van der Waals surface area contributed by atoms with Gasteiger partial charge in [0.1, 0.15) is 24.6 Å². The van der Waals surface area contributed by atoms with Crippen LogP contribution in [0.2, 0.25) is 0 Å². The van der Waals surface area contributed by atoms with Crippen LogP contribution in [-0.4, -0.2) is 72.7 Å². The molecule has 14 heteroatoms. The maximum absolute atomic E-state index is 12.7. The van der Waals surface area contributed by atoms with Crippen molar-refractivity contribution in [3.05, 3.63) is 47.0 Å². The molecule has 13 nitrogen and oxygen atoms in total. The van der Waals surface area contributed by atoms with Crippen LogP contribution >= 0.6 is 15.9 Å². The van der Waals surface area contributed by atoms with E-state index in [0.29, 0.717) is 36.9 Å². The van der Waals surface area contributed by atoms with Crippen LogP contribution in [0.15, 0.2) is 41.5 Å². The summed E-state index contributed by atoms with van der Waals surface area (Å²) in [5.41, 5.74) is 1.17. The standard InChI is InChI=1S/C24H25BrN8O5/c1-31-17-3-2-16(8-15(17)9-18(22(31)35)38-7-5-26-21(34)11-25)29-20-10-19(30-24-27-13-28-33(20)24)32-6-4-14(12-32)23(36)37/h2-3,8-10,13-14,29H,4-7,11-12H2,1H3,(H,26,34)(H,36,37). The average Bonchev–Trinajstić information content (AvgIpc) is 3.59. The number of anilines is 3. The summed E-state index contributed by atoms with van der Waals surface area (Å²) in [5, 5.41) is 20.6. The number of carboxylic acids is 1. The van der Waals surface area contributed by atoms with Crippen LogP contribution in [0.1, 0.15) is 6.42 Å². The molecule has 1 aromatic carbocycles. The summed E-state index contributed by atoms with van der Waals surface area (Å²) >= 11 is 3.08. The van der Waals surface area contributed by atoms with E-state index in [9.17, 15) is 19.5 Å². The zero-order chi connectivity index (χ0) is 26.8. The zero-order valence-electron chi connectivity index (χ0n) is 20.4. The third-order valence-electron chi connectivity index (χ3n) is 6.37. The second-order valence-electron chi connectivity index (χ2n) is 8.84. The second kappa shape index (κ2) is 10.7. The number of aliphatic carboxylic acids is 1. The summed E-state index contributed by atoms with van der Waals surface area (Å²) < 4.78 is 8.74. The lowest BCUT2D eigenvalue weighted by atomic mass is 10.1. The van der Waals surface area contributed by atoms with E-state index in [1.807, 2.05) is 29.2 Å². The lowest BCUT2D eigenvalue weighted by molar-refractivity contribution is -0.140. The molecule has 3 aromatic heterocycles. The number of alkyl halides is 1. The second-order valence-corrected chi connectivity index (χ2v) is 9.41. The largest absolute Gasteiger partial charge is 0.486 e. The minimum Gasteiger partial charge on any atom is -0.486 e. The number of nitrogens with zero attached hydrogens (tertiary/aromatic N) is 6. The van der Waals surface area contributed by atoms with Crippen molar-refractivity contribution < 1.29 is 19.4 Å². The van der Waals surface area contributed by atoms with E-state index >= 15 is 0 Å². The molecule has 4 aromatic rings. The average molecular weight is 585 g/mol. The van der Waals surface area contributed by atoms with Gasteiger partial charge in [-0.2, -0.15) is 19.6 Å². The van der Waals surface area contributed by atoms with Gasteiger partial charge in [0.15, 0.2) is 5.75 Å². The van der Waals surface area contributed by atoms with Crippen molar-refractivity contribution in [1.82, 2.24) is 29.5 Å². The Labute approximate surface area is 224 Å². The van der Waals surface area contributed by atoms with Gasteiger partial charge < -0.3 is 29.9 Å². The van der Waals surface area contributed by atoms with Gasteiger partial charge in [0.25, 0.3) is 11.3 Å². The fraction of sp³-hybridized carbons (Fsp3) is 0.333. The number of halogens is 1. The number of aryl methyl sites for hydroxylation is 1. The highest BCUT2D eigenvalue weighted by Gasteiger charge is 2.29. The Balaban J connectivity index is 1.41. The Bertz CT molecular complexity index is 1590. The number of carbonyl (C=O) groups is 2. The first-order valence-electron chi connectivity index (χ1n) is 11.9. The van der Waals surface area contributed by atoms with Crippen molar-refractivity contribution in [1.29, 1.82) is 0 Å². The van der Waals surface area contributed by atoms with Crippen molar-refractivity contribution in [3.8, 4) is 5.75 Å². The van der Waals surface area contributed by atoms with Crippen LogP contribution in [0.4, 0.5) is 17.3 Å². The summed E-state index contributed by atoms with van der Waals surface area (Å²) in [5.74, 6) is 0.361. The van der Waals surface area contributed by atoms with Gasteiger partial charge in [-0.25, -0.2) is 0 Å². The Morgan fingerprint density at radius 1 is 1.26 bits per heavy atom. The van der Waals surface area contributed by atoms with Gasteiger partial charge in [-0.05, 0) is 30.7 Å². The van der Waals surface area contributed by atoms with E-state index in [1.165, 1.54) is 10.9 Å². The lowest BCUT2D eigenvalue weighted by Gasteiger charge is -2.18. The fourth-order valence-corrected chi connectivity index (χ4v) is 4.60. The smallest absolute Gasteiger partial charge is 0.308 e. The van der Waals surface area contributed by atoms with E-state index < -0.39 is 11.9 Å². The summed E-state index contributed by atoms with van der Waals surface area (Å²) in [6, 6.07) is 9.05. The Morgan fingerprint density at radius 2 is 2.11 bits per heavy atom. The molecule has 5 rings (SSSR count). The minimum atomic E-state index is -0.813. The van der Waals surface area contributed by atoms with E-state index in [2.05, 4.69) is 41.6 Å². The van der Waals surface area contributed by atoms with Crippen LogP contribution in [0.3, 0.4) is 0 Å². The number of aromatic nitrogens is 5. The SMILES string of the molecule is Cn1c(=O)c(OCCNC(=O)CBr)cc2cc(Nc3cc(N4CCC(C(=O)O)C4)nc4ncnn34)ccc21. The molecule has 0 bridgehead atoms. The van der Waals surface area contributed by atoms with Crippen LogP contribution in [0, 0.1) is 5.92 Å². The molecular formula is C24H25BrN8O5. The molecular weight excluding hydrogens is 560 g/mol. The molecule has 3 N–H and O–H groups in total. The minimum absolute atomic E-state index is 0.154. The summed E-state index contributed by atoms with van der Waals surface area (Å²) in [6.45, 7) is 1.38. The first-order valence-corrected chi connectivity index (χ1v) is 13.0. The highest BCUT2D eigenvalue weighted by Crippen LogP contribution is 2.28. The Morgan fingerprint density at radius 3 is 2.87 bits per heavy atom. The molecule has 0 aliphatic carbocycles. The van der Waals surface area contributed by atoms with E-state index in [4.69, 9.17) is 4.74 Å². The predicted octanol–water partition coefficient (Wildman–Crippen LogP) is 1.52. The third kappa shape index (κ3) is 5.11. The molecule has 0 spiro atoms. The number of carbonyl (C=O) groups excluding carboxylic acids is 1. The first-order chi connectivity index (χ1) is 18.3. The lowest BCUT2D eigenvalue weighted by Crippen LogP contribution is -2.30. The van der Waals surface area contributed by atoms with Crippen LogP contribution < -0.4 is 25.8 Å². The van der Waals surface area contributed by atoms with E-state index in [1.54, 1.807) is 17.6 Å². The van der Waals surface area contributed by atoms with Crippen LogP contribution in [0.25, 0.3) is 16.7 Å². The van der Waals surface area contributed by atoms with Crippen LogP contribution in [0.5, 0.6) is 5.75 Å². The summed E-state index contributed by atoms with van der Waals surface area (Å²) in [6.07, 6.45) is 1.95. The van der Waals surface area contributed by atoms with Crippen molar-refractivity contribution in [2.45, 2.75) is 6.42 Å². The Hall–Kier alpha value is -4.20. The molecule has 0 radical (unpaired) electrons. The van der Waals surface area contributed by atoms with Crippen molar-refractivity contribution in [2.24, 2.45) is 13.0 Å². The number of fused-ring (bicyclic) bond motifs is 2. The van der Waals surface area contributed by atoms with E-state index in [0.717, 1.165) is 16.6 Å². The van der Waals surface area contributed by atoms with Crippen molar-refractivity contribution in [2.75, 3.05) is 41.8 Å². The number of rotatable bonds is 9. The molecule has 198 valence electrons. The molecule has 1 atom stereocenters. The molecule has 1 fully saturated rings. The van der Waals surface area contributed by atoms with Gasteiger partial charge in [-0.15, -0.1) is 0 Å². The number of hydrogen-bond acceptors (Lipinski definition) is 9. The number of carboxylic acid groups (broad SMARTS) is 1. The first kappa shape index (κ1) is 25.4. The molecule has 1 aliphatic heterocycles. The number of nitrogens with one attached hydrogen (secondary N) is 2. The predicted molar refractivity (Wildman–Crippen MR) is 144 cm³/mol. The van der Waals surface area contributed by atoms with Gasteiger partial charge in [0, 0.05) is 37.3 Å². The summed E-state index contributed by atoms with van der Waals surface area (Å²) in [4.78, 5) is 46.2. The fourth-order valence-electron chi connectivity index (χ4n) is 4.40. The van der Waals surface area contributed by atoms with Gasteiger partial charge in [0.05, 0.1) is 23.3 Å². The number of pyridine rings is 1. The van der Waals surface area contributed by atoms with Gasteiger partial charge in [-0.3, -0.25) is 14.4 Å². The molecule has 1 unspecified atom stereocenters. The molecule has 0 saturated carbocycles. The topological polar surface area (TPSA) is 156 Å². The zero-order valence-corrected chi connectivity index (χ0v) is 22.0. The van der Waals surface area contributed by atoms with Gasteiger partial charge in [-0.1, -0.05) is 15.9 Å². The molecule has 4 heterocycles. The Kier molecular flexibility index (Phi) is 7.13. The van der Waals surface area contributed by atoms with Crippen molar-refractivity contribution in [3.63, 3.8) is 0 Å².